The second kappa shape index (κ2) is 8.03. The van der Waals surface area contributed by atoms with Crippen molar-refractivity contribution in [2.24, 2.45) is 13.0 Å². The van der Waals surface area contributed by atoms with Crippen LogP contribution in [0.1, 0.15) is 44.3 Å². The zero-order chi connectivity index (χ0) is 19.6. The van der Waals surface area contributed by atoms with E-state index in [2.05, 4.69) is 20.7 Å². The molecule has 2 aromatic rings. The van der Waals surface area contributed by atoms with Crippen molar-refractivity contribution < 1.29 is 18.3 Å². The van der Waals surface area contributed by atoms with Gasteiger partial charge >= 0.3 is 6.03 Å². The fourth-order valence-corrected chi connectivity index (χ4v) is 3.13. The van der Waals surface area contributed by atoms with E-state index in [1.54, 1.807) is 12.4 Å². The van der Waals surface area contributed by atoms with Gasteiger partial charge in [-0.05, 0) is 12.3 Å². The van der Waals surface area contributed by atoms with Crippen molar-refractivity contribution in [3.63, 3.8) is 0 Å². The first-order valence-electron chi connectivity index (χ1n) is 8.87. The van der Waals surface area contributed by atoms with Crippen LogP contribution in [0.15, 0.2) is 18.6 Å². The third-order valence-electron chi connectivity index (χ3n) is 4.32. The van der Waals surface area contributed by atoms with Crippen molar-refractivity contribution in [3.8, 4) is 0 Å². The highest BCUT2D eigenvalue weighted by Gasteiger charge is 2.34. The molecule has 0 spiro atoms. The van der Waals surface area contributed by atoms with Crippen molar-refractivity contribution >= 4 is 11.7 Å². The Bertz CT molecular complexity index is 788. The first-order valence-corrected chi connectivity index (χ1v) is 8.87. The summed E-state index contributed by atoms with van der Waals surface area (Å²) in [6, 6.07) is -0.873. The van der Waals surface area contributed by atoms with Crippen molar-refractivity contribution in [2.75, 3.05) is 11.9 Å². The van der Waals surface area contributed by atoms with Crippen LogP contribution >= 0.6 is 0 Å². The highest BCUT2D eigenvalue weighted by Crippen LogP contribution is 2.29. The van der Waals surface area contributed by atoms with E-state index in [-0.39, 0.29) is 23.8 Å². The number of nitrogens with one attached hydrogen (secondary N) is 2. The maximum absolute atomic E-state index is 13.2. The van der Waals surface area contributed by atoms with Crippen LogP contribution in [-0.4, -0.2) is 38.0 Å². The fourth-order valence-electron chi connectivity index (χ4n) is 3.13. The lowest BCUT2D eigenvalue weighted by Crippen LogP contribution is -2.40. The molecule has 1 fully saturated rings. The van der Waals surface area contributed by atoms with Crippen molar-refractivity contribution in [1.29, 1.82) is 0 Å². The minimum Gasteiger partial charge on any atom is -0.368 e. The van der Waals surface area contributed by atoms with Crippen molar-refractivity contribution in [3.05, 3.63) is 30.1 Å². The van der Waals surface area contributed by atoms with Crippen LogP contribution in [0, 0.1) is 5.92 Å². The number of amides is 2. The summed E-state index contributed by atoms with van der Waals surface area (Å²) in [6.07, 6.45) is 2.35. The number of aromatic nitrogens is 4. The minimum absolute atomic E-state index is 0.00982. The van der Waals surface area contributed by atoms with Crippen LogP contribution in [0.3, 0.4) is 0 Å². The molecule has 27 heavy (non-hydrogen) atoms. The molecular formula is C17H24F2N6O2. The van der Waals surface area contributed by atoms with Crippen LogP contribution in [0.25, 0.3) is 0 Å². The molecule has 0 bridgehead atoms. The third-order valence-corrected chi connectivity index (χ3v) is 4.32. The standard InChI is InChI=1S/C17H24F2N6O2/c1-10(2)8-25-9-12(13(23-25)15(18)19)22-17(26)21-11-4-7-27-14(11)16-20-5-6-24(16)3/h5-6,9-11,14-15H,4,7-8H2,1-3H3,(H2,21,22,26)/t11-,14-/m1/s1. The number of urea groups is 1. The van der Waals surface area contributed by atoms with Crippen molar-refractivity contribution in [2.45, 2.75) is 45.4 Å². The lowest BCUT2D eigenvalue weighted by atomic mass is 10.1. The first-order chi connectivity index (χ1) is 12.8. The topological polar surface area (TPSA) is 86.0 Å². The van der Waals surface area contributed by atoms with Gasteiger partial charge in [0.1, 0.15) is 11.9 Å². The molecule has 0 saturated carbocycles. The Morgan fingerprint density at radius 3 is 2.85 bits per heavy atom. The van der Waals surface area contributed by atoms with E-state index >= 15 is 0 Å². The third kappa shape index (κ3) is 4.44. The Morgan fingerprint density at radius 2 is 2.22 bits per heavy atom. The summed E-state index contributed by atoms with van der Waals surface area (Å²) in [5, 5.41) is 9.18. The lowest BCUT2D eigenvalue weighted by Gasteiger charge is -2.19. The molecule has 2 aromatic heterocycles. The van der Waals surface area contributed by atoms with E-state index in [9.17, 15) is 13.6 Å². The smallest absolute Gasteiger partial charge is 0.319 e. The maximum Gasteiger partial charge on any atom is 0.319 e. The number of ether oxygens (including phenoxy) is 1. The molecule has 2 amide bonds. The average Bonchev–Trinajstić information content (AvgIpc) is 3.27. The second-order valence-corrected chi connectivity index (χ2v) is 7.03. The van der Waals surface area contributed by atoms with Gasteiger partial charge in [0, 0.05) is 38.8 Å². The number of carbonyl (C=O) groups is 1. The van der Waals surface area contributed by atoms with Crippen LogP contribution in [0.4, 0.5) is 19.3 Å². The van der Waals surface area contributed by atoms with Gasteiger partial charge in [-0.2, -0.15) is 5.10 Å². The van der Waals surface area contributed by atoms with E-state index in [1.165, 1.54) is 10.9 Å². The molecule has 1 aliphatic heterocycles. The molecule has 10 heteroatoms. The molecule has 0 unspecified atom stereocenters. The van der Waals surface area contributed by atoms with Crippen LogP contribution in [0.5, 0.6) is 0 Å². The number of rotatable bonds is 6. The van der Waals surface area contributed by atoms with Gasteiger partial charge in [0.2, 0.25) is 0 Å². The van der Waals surface area contributed by atoms with Gasteiger partial charge in [0.15, 0.2) is 5.69 Å². The van der Waals surface area contributed by atoms with Gasteiger partial charge in [-0.15, -0.1) is 0 Å². The summed E-state index contributed by atoms with van der Waals surface area (Å²) >= 11 is 0. The van der Waals surface area contributed by atoms with Gasteiger partial charge in [-0.25, -0.2) is 18.6 Å². The number of imidazole rings is 1. The summed E-state index contributed by atoms with van der Waals surface area (Å²) in [5.74, 6) is 0.946. The molecule has 148 valence electrons. The normalized spacial score (nSPS) is 19.8. The Hall–Kier alpha value is -2.49. The molecule has 0 aromatic carbocycles. The van der Waals surface area contributed by atoms with Gasteiger partial charge < -0.3 is 19.9 Å². The first kappa shape index (κ1) is 19.3. The SMILES string of the molecule is CC(C)Cn1cc(NC(=O)N[C@@H]2CCO[C@H]2c2nccn2C)c(C(F)F)n1. The van der Waals surface area contributed by atoms with Gasteiger partial charge in [0.25, 0.3) is 6.43 Å². The number of hydrogen-bond acceptors (Lipinski definition) is 4. The highest BCUT2D eigenvalue weighted by molar-refractivity contribution is 5.90. The number of halogens is 2. The molecule has 2 N–H and O–H groups in total. The molecule has 0 radical (unpaired) electrons. The molecule has 3 rings (SSSR count). The number of nitrogens with zero attached hydrogens (tertiary/aromatic N) is 4. The predicted octanol–water partition coefficient (Wildman–Crippen LogP) is 2.86. The van der Waals surface area contributed by atoms with Crippen molar-refractivity contribution in [1.82, 2.24) is 24.6 Å². The molecule has 3 heterocycles. The Balaban J connectivity index is 1.68. The molecule has 8 nitrogen and oxygen atoms in total. The predicted molar refractivity (Wildman–Crippen MR) is 94.5 cm³/mol. The highest BCUT2D eigenvalue weighted by atomic mass is 19.3. The van der Waals surface area contributed by atoms with Crippen LogP contribution < -0.4 is 10.6 Å². The Labute approximate surface area is 155 Å². The monoisotopic (exact) mass is 382 g/mol. The lowest BCUT2D eigenvalue weighted by molar-refractivity contribution is 0.0913. The Kier molecular flexibility index (Phi) is 5.73. The zero-order valence-corrected chi connectivity index (χ0v) is 15.5. The van der Waals surface area contributed by atoms with E-state index in [1.807, 2.05) is 25.5 Å². The van der Waals surface area contributed by atoms with Crippen LogP contribution in [-0.2, 0) is 18.3 Å². The number of alkyl halides is 2. The zero-order valence-electron chi connectivity index (χ0n) is 15.5. The summed E-state index contributed by atoms with van der Waals surface area (Å²) in [7, 11) is 1.85. The van der Waals surface area contributed by atoms with Crippen LogP contribution in [0.2, 0.25) is 0 Å². The summed E-state index contributed by atoms with van der Waals surface area (Å²) in [5.41, 5.74) is -0.426. The van der Waals surface area contributed by atoms with E-state index in [4.69, 9.17) is 4.74 Å². The van der Waals surface area contributed by atoms with E-state index in [0.29, 0.717) is 25.4 Å². The molecular weight excluding hydrogens is 358 g/mol. The number of hydrogen-bond donors (Lipinski definition) is 2. The Morgan fingerprint density at radius 1 is 1.44 bits per heavy atom. The minimum atomic E-state index is -2.77. The summed E-state index contributed by atoms with van der Waals surface area (Å²) < 4.78 is 35.4. The quantitative estimate of drug-likeness (QED) is 0.804. The number of anilines is 1. The maximum atomic E-state index is 13.2. The fraction of sp³-hybridized carbons (Fsp3) is 0.588. The number of aryl methyl sites for hydroxylation is 1. The van der Waals surface area contributed by atoms with E-state index < -0.39 is 18.2 Å². The summed E-state index contributed by atoms with van der Waals surface area (Å²) in [6.45, 7) is 4.89. The molecule has 2 atom stereocenters. The average molecular weight is 382 g/mol. The molecule has 1 saturated heterocycles. The molecule has 1 aliphatic rings. The second-order valence-electron chi connectivity index (χ2n) is 7.03. The largest absolute Gasteiger partial charge is 0.368 e. The number of carbonyl (C=O) groups excluding carboxylic acids is 1. The van der Waals surface area contributed by atoms with Gasteiger partial charge in [-0.3, -0.25) is 4.68 Å². The van der Waals surface area contributed by atoms with Gasteiger partial charge in [0.05, 0.1) is 11.7 Å². The van der Waals surface area contributed by atoms with Gasteiger partial charge in [-0.1, -0.05) is 13.8 Å². The summed E-state index contributed by atoms with van der Waals surface area (Å²) in [4.78, 5) is 16.6. The molecule has 0 aliphatic carbocycles. The van der Waals surface area contributed by atoms with E-state index in [0.717, 1.165) is 0 Å².